The fourth-order valence-electron chi connectivity index (χ4n) is 2.24. The molecule has 0 atom stereocenters. The van der Waals surface area contributed by atoms with Crippen molar-refractivity contribution >= 4 is 17.4 Å². The molecule has 0 saturated heterocycles. The third-order valence-corrected chi connectivity index (χ3v) is 3.90. The summed E-state index contributed by atoms with van der Waals surface area (Å²) in [7, 11) is 0. The Morgan fingerprint density at radius 3 is 2.62 bits per heavy atom. The number of rotatable bonds is 3. The standard InChI is InChI=1S/C13H18FNS/c1-16-13-8-7-11(9-12(13)14)15-10-5-3-2-4-6-10/h7-10,15H,2-6H2,1H3. The van der Waals surface area contributed by atoms with Crippen molar-refractivity contribution in [2.75, 3.05) is 11.6 Å². The van der Waals surface area contributed by atoms with Gasteiger partial charge in [0, 0.05) is 16.6 Å². The molecule has 1 aromatic carbocycles. The van der Waals surface area contributed by atoms with E-state index in [1.54, 1.807) is 6.07 Å². The van der Waals surface area contributed by atoms with Crippen LogP contribution in [0.3, 0.4) is 0 Å². The van der Waals surface area contributed by atoms with Gasteiger partial charge in [0.25, 0.3) is 0 Å². The highest BCUT2D eigenvalue weighted by molar-refractivity contribution is 7.98. The van der Waals surface area contributed by atoms with E-state index in [4.69, 9.17) is 0 Å². The number of benzene rings is 1. The van der Waals surface area contributed by atoms with Crippen molar-refractivity contribution in [2.45, 2.75) is 43.0 Å². The van der Waals surface area contributed by atoms with E-state index in [1.807, 2.05) is 18.4 Å². The Kier molecular flexibility index (Phi) is 4.10. The number of hydrogen-bond acceptors (Lipinski definition) is 2. The highest BCUT2D eigenvalue weighted by Gasteiger charge is 2.13. The molecule has 0 aliphatic heterocycles. The summed E-state index contributed by atoms with van der Waals surface area (Å²) in [6.45, 7) is 0. The lowest BCUT2D eigenvalue weighted by atomic mass is 9.95. The van der Waals surface area contributed by atoms with Gasteiger partial charge >= 0.3 is 0 Å². The van der Waals surface area contributed by atoms with Crippen molar-refractivity contribution in [1.82, 2.24) is 0 Å². The summed E-state index contributed by atoms with van der Waals surface area (Å²) in [5, 5.41) is 3.42. The second kappa shape index (κ2) is 5.58. The maximum Gasteiger partial charge on any atom is 0.138 e. The molecule has 0 aromatic heterocycles. The fourth-order valence-corrected chi connectivity index (χ4v) is 2.70. The summed E-state index contributed by atoms with van der Waals surface area (Å²) >= 11 is 1.45. The van der Waals surface area contributed by atoms with Gasteiger partial charge in [-0.3, -0.25) is 0 Å². The van der Waals surface area contributed by atoms with Crippen LogP contribution in [-0.4, -0.2) is 12.3 Å². The van der Waals surface area contributed by atoms with Gasteiger partial charge in [0.15, 0.2) is 0 Å². The van der Waals surface area contributed by atoms with Gasteiger partial charge < -0.3 is 5.32 Å². The maximum atomic E-state index is 13.5. The number of thioether (sulfide) groups is 1. The maximum absolute atomic E-state index is 13.5. The summed E-state index contributed by atoms with van der Waals surface area (Å²) in [5.41, 5.74) is 0.919. The zero-order chi connectivity index (χ0) is 11.4. The molecule has 1 fully saturated rings. The molecule has 1 saturated carbocycles. The van der Waals surface area contributed by atoms with E-state index in [1.165, 1.54) is 43.9 Å². The SMILES string of the molecule is CSc1ccc(NC2CCCCC2)cc1F. The normalized spacial score (nSPS) is 17.4. The predicted molar refractivity (Wildman–Crippen MR) is 68.7 cm³/mol. The van der Waals surface area contributed by atoms with E-state index in [-0.39, 0.29) is 5.82 Å². The van der Waals surface area contributed by atoms with Crippen LogP contribution in [0.4, 0.5) is 10.1 Å². The van der Waals surface area contributed by atoms with Crippen molar-refractivity contribution < 1.29 is 4.39 Å². The van der Waals surface area contributed by atoms with E-state index in [0.717, 1.165) is 5.69 Å². The van der Waals surface area contributed by atoms with E-state index in [9.17, 15) is 4.39 Å². The summed E-state index contributed by atoms with van der Waals surface area (Å²) in [5.74, 6) is -0.117. The lowest BCUT2D eigenvalue weighted by molar-refractivity contribution is 0.462. The Bertz CT molecular complexity index is 348. The molecule has 0 heterocycles. The van der Waals surface area contributed by atoms with E-state index in [0.29, 0.717) is 10.9 Å². The molecule has 1 aromatic rings. The molecule has 0 radical (unpaired) electrons. The van der Waals surface area contributed by atoms with E-state index < -0.39 is 0 Å². The topological polar surface area (TPSA) is 12.0 Å². The molecule has 0 amide bonds. The molecule has 16 heavy (non-hydrogen) atoms. The van der Waals surface area contributed by atoms with Crippen LogP contribution < -0.4 is 5.32 Å². The zero-order valence-electron chi connectivity index (χ0n) is 9.63. The molecule has 1 nitrogen and oxygen atoms in total. The van der Waals surface area contributed by atoms with Crippen LogP contribution in [0, 0.1) is 5.82 Å². The van der Waals surface area contributed by atoms with Crippen LogP contribution in [0.5, 0.6) is 0 Å². The van der Waals surface area contributed by atoms with Gasteiger partial charge in [-0.05, 0) is 37.3 Å². The first-order chi connectivity index (χ1) is 7.79. The van der Waals surface area contributed by atoms with E-state index in [2.05, 4.69) is 5.32 Å². The van der Waals surface area contributed by atoms with Gasteiger partial charge in [0.2, 0.25) is 0 Å². The van der Waals surface area contributed by atoms with Gasteiger partial charge in [0.05, 0.1) is 0 Å². The molecule has 0 unspecified atom stereocenters. The molecular weight excluding hydrogens is 221 g/mol. The van der Waals surface area contributed by atoms with Crippen molar-refractivity contribution in [3.8, 4) is 0 Å². The Balaban J connectivity index is 2.01. The second-order valence-electron chi connectivity index (χ2n) is 4.33. The Labute approximate surface area is 101 Å². The van der Waals surface area contributed by atoms with E-state index >= 15 is 0 Å². The molecule has 1 aliphatic carbocycles. The van der Waals surface area contributed by atoms with Gasteiger partial charge in [-0.15, -0.1) is 11.8 Å². The van der Waals surface area contributed by atoms with Crippen LogP contribution in [0.1, 0.15) is 32.1 Å². The Morgan fingerprint density at radius 2 is 2.00 bits per heavy atom. The van der Waals surface area contributed by atoms with Crippen molar-refractivity contribution in [3.63, 3.8) is 0 Å². The molecule has 2 rings (SSSR count). The molecule has 1 aliphatic rings. The first-order valence-corrected chi connectivity index (χ1v) is 7.12. The molecule has 3 heteroatoms. The van der Waals surface area contributed by atoms with Crippen LogP contribution in [-0.2, 0) is 0 Å². The van der Waals surface area contributed by atoms with Gasteiger partial charge in [-0.2, -0.15) is 0 Å². The summed E-state index contributed by atoms with van der Waals surface area (Å²) in [6, 6.07) is 5.98. The summed E-state index contributed by atoms with van der Waals surface area (Å²) in [4.78, 5) is 0.717. The van der Waals surface area contributed by atoms with Gasteiger partial charge in [0.1, 0.15) is 5.82 Å². The first kappa shape index (κ1) is 11.8. The second-order valence-corrected chi connectivity index (χ2v) is 5.18. The van der Waals surface area contributed by atoms with Crippen LogP contribution in [0.25, 0.3) is 0 Å². The predicted octanol–water partition coefficient (Wildman–Crippen LogP) is 4.29. The number of anilines is 1. The van der Waals surface area contributed by atoms with Crippen molar-refractivity contribution in [1.29, 1.82) is 0 Å². The smallest absolute Gasteiger partial charge is 0.138 e. The minimum atomic E-state index is -0.117. The minimum absolute atomic E-state index is 0.117. The molecule has 88 valence electrons. The number of halogens is 1. The fraction of sp³-hybridized carbons (Fsp3) is 0.538. The third kappa shape index (κ3) is 2.91. The van der Waals surface area contributed by atoms with Crippen molar-refractivity contribution in [2.24, 2.45) is 0 Å². The number of nitrogens with one attached hydrogen (secondary N) is 1. The lowest BCUT2D eigenvalue weighted by Gasteiger charge is -2.24. The Hall–Kier alpha value is -0.700. The summed E-state index contributed by atoms with van der Waals surface area (Å²) in [6.07, 6.45) is 8.26. The zero-order valence-corrected chi connectivity index (χ0v) is 10.4. The summed E-state index contributed by atoms with van der Waals surface area (Å²) < 4.78 is 13.5. The average Bonchev–Trinajstić information content (AvgIpc) is 2.31. The largest absolute Gasteiger partial charge is 0.382 e. The lowest BCUT2D eigenvalue weighted by Crippen LogP contribution is -2.22. The average molecular weight is 239 g/mol. The molecular formula is C13H18FNS. The highest BCUT2D eigenvalue weighted by Crippen LogP contribution is 2.25. The molecule has 1 N–H and O–H groups in total. The highest BCUT2D eigenvalue weighted by atomic mass is 32.2. The first-order valence-electron chi connectivity index (χ1n) is 5.89. The van der Waals surface area contributed by atoms with Crippen LogP contribution in [0.15, 0.2) is 23.1 Å². The van der Waals surface area contributed by atoms with Gasteiger partial charge in [-0.25, -0.2) is 4.39 Å². The van der Waals surface area contributed by atoms with Crippen molar-refractivity contribution in [3.05, 3.63) is 24.0 Å². The third-order valence-electron chi connectivity index (χ3n) is 3.13. The minimum Gasteiger partial charge on any atom is -0.382 e. The molecule has 0 bridgehead atoms. The van der Waals surface area contributed by atoms with Crippen LogP contribution >= 0.6 is 11.8 Å². The van der Waals surface area contributed by atoms with Crippen LogP contribution in [0.2, 0.25) is 0 Å². The quantitative estimate of drug-likeness (QED) is 0.790. The number of hydrogen-bond donors (Lipinski definition) is 1. The monoisotopic (exact) mass is 239 g/mol. The van der Waals surface area contributed by atoms with Gasteiger partial charge in [-0.1, -0.05) is 19.3 Å². The Morgan fingerprint density at radius 1 is 1.25 bits per heavy atom. The molecule has 0 spiro atoms.